The molecule has 4 N–H and O–H groups in total. The van der Waals surface area contributed by atoms with E-state index in [9.17, 15) is 9.90 Å². The first kappa shape index (κ1) is 17.9. The molecular formula is C16H21NO5. The highest BCUT2D eigenvalue weighted by Gasteiger charge is 2.05. The summed E-state index contributed by atoms with van der Waals surface area (Å²) in [4.78, 5) is 10.9. The normalized spacial score (nSPS) is 13.2. The molecule has 6 heteroatoms. The molecule has 0 spiro atoms. The molecule has 1 amide bonds. The number of ether oxygens (including phenoxy) is 1. The van der Waals surface area contributed by atoms with E-state index in [1.807, 2.05) is 0 Å². The summed E-state index contributed by atoms with van der Waals surface area (Å²) in [5.74, 6) is 0.0375. The molecule has 0 aliphatic carbocycles. The van der Waals surface area contributed by atoms with E-state index >= 15 is 0 Å². The highest BCUT2D eigenvalue weighted by molar-refractivity contribution is 5.87. The fourth-order valence-electron chi connectivity index (χ4n) is 1.76. The summed E-state index contributed by atoms with van der Waals surface area (Å²) in [6.45, 7) is 1.90. The summed E-state index contributed by atoms with van der Waals surface area (Å²) in [6.07, 6.45) is 4.41. The van der Waals surface area contributed by atoms with Gasteiger partial charge in [-0.3, -0.25) is 10.0 Å². The first-order valence-electron chi connectivity index (χ1n) is 6.87. The summed E-state index contributed by atoms with van der Waals surface area (Å²) in [5, 5.41) is 27.1. The highest BCUT2D eigenvalue weighted by atomic mass is 16.5. The Hall–Kier alpha value is -2.15. The van der Waals surface area contributed by atoms with Crippen LogP contribution in [0.4, 0.5) is 0 Å². The van der Waals surface area contributed by atoms with Gasteiger partial charge in [-0.1, -0.05) is 24.3 Å². The molecule has 0 saturated heterocycles. The number of carbonyl (C=O) groups excluding carboxylic acids is 1. The van der Waals surface area contributed by atoms with Crippen LogP contribution in [0.25, 0.3) is 0 Å². The lowest BCUT2D eigenvalue weighted by molar-refractivity contribution is -0.124. The minimum Gasteiger partial charge on any atom is -0.491 e. The molecule has 1 atom stereocenters. The molecule has 0 aliphatic heterocycles. The number of benzene rings is 1. The lowest BCUT2D eigenvalue weighted by atomic mass is 10.1. The Morgan fingerprint density at radius 3 is 2.64 bits per heavy atom. The van der Waals surface area contributed by atoms with Crippen LogP contribution >= 0.6 is 0 Å². The molecule has 0 aromatic heterocycles. The standard InChI is InChI=1S/C16H21NO5/c1-12(11-16(20)17-21)3-2-4-15(19)13-5-7-14(8-6-13)22-10-9-18/h2-3,5-8,11,15,18-19,21H,4,9-10H2,1H3,(H,17,20)/b3-2+,12-11+/t15-/m1/s1. The third-order valence-corrected chi connectivity index (χ3v) is 2.83. The van der Waals surface area contributed by atoms with Crippen molar-refractivity contribution in [3.05, 3.63) is 53.6 Å². The number of hydroxylamine groups is 1. The molecule has 22 heavy (non-hydrogen) atoms. The summed E-state index contributed by atoms with van der Waals surface area (Å²) in [7, 11) is 0. The average molecular weight is 307 g/mol. The SMILES string of the molecule is CC(/C=C/C[C@@H](O)c1ccc(OCCO)cc1)=C\C(=O)NO. The Morgan fingerprint density at radius 2 is 2.05 bits per heavy atom. The fraction of sp³-hybridized carbons (Fsp3) is 0.312. The van der Waals surface area contributed by atoms with Crippen LogP contribution in [0.3, 0.4) is 0 Å². The molecule has 1 rings (SSSR count). The number of allylic oxidation sites excluding steroid dienone is 2. The molecule has 0 aliphatic rings. The molecule has 6 nitrogen and oxygen atoms in total. The number of amides is 1. The van der Waals surface area contributed by atoms with E-state index in [1.165, 1.54) is 11.6 Å². The van der Waals surface area contributed by atoms with Gasteiger partial charge in [0.2, 0.25) is 0 Å². The van der Waals surface area contributed by atoms with Gasteiger partial charge in [0.15, 0.2) is 0 Å². The topological polar surface area (TPSA) is 99.0 Å². The maximum Gasteiger partial charge on any atom is 0.267 e. The van der Waals surface area contributed by atoms with Crippen LogP contribution in [-0.2, 0) is 4.79 Å². The average Bonchev–Trinajstić information content (AvgIpc) is 2.53. The second-order valence-electron chi connectivity index (χ2n) is 4.66. The number of carbonyl (C=O) groups is 1. The van der Waals surface area contributed by atoms with E-state index in [0.717, 1.165) is 5.56 Å². The van der Waals surface area contributed by atoms with Crippen molar-refractivity contribution in [1.82, 2.24) is 5.48 Å². The van der Waals surface area contributed by atoms with Gasteiger partial charge in [-0.05, 0) is 36.6 Å². The maximum absolute atomic E-state index is 10.9. The number of rotatable bonds is 8. The second-order valence-corrected chi connectivity index (χ2v) is 4.66. The Bertz CT molecular complexity index is 522. The number of nitrogens with one attached hydrogen (secondary N) is 1. The summed E-state index contributed by atoms with van der Waals surface area (Å²) >= 11 is 0. The monoisotopic (exact) mass is 307 g/mol. The van der Waals surface area contributed by atoms with Gasteiger partial charge in [0, 0.05) is 6.08 Å². The van der Waals surface area contributed by atoms with Crippen LogP contribution in [0.5, 0.6) is 5.75 Å². The van der Waals surface area contributed by atoms with Crippen molar-refractivity contribution in [2.45, 2.75) is 19.4 Å². The van der Waals surface area contributed by atoms with Gasteiger partial charge in [-0.2, -0.15) is 0 Å². The zero-order valence-electron chi connectivity index (χ0n) is 12.4. The lowest BCUT2D eigenvalue weighted by Crippen LogP contribution is -2.15. The number of aliphatic hydroxyl groups is 2. The van der Waals surface area contributed by atoms with Crippen LogP contribution in [0.2, 0.25) is 0 Å². The van der Waals surface area contributed by atoms with Gasteiger partial charge in [0.25, 0.3) is 5.91 Å². The summed E-state index contributed by atoms with van der Waals surface area (Å²) < 4.78 is 5.24. The molecule has 0 fully saturated rings. The number of hydrogen-bond acceptors (Lipinski definition) is 5. The zero-order chi connectivity index (χ0) is 16.4. The van der Waals surface area contributed by atoms with E-state index in [-0.39, 0.29) is 13.2 Å². The van der Waals surface area contributed by atoms with Crippen molar-refractivity contribution >= 4 is 5.91 Å². The van der Waals surface area contributed by atoms with Crippen LogP contribution < -0.4 is 10.2 Å². The van der Waals surface area contributed by atoms with Gasteiger partial charge in [-0.15, -0.1) is 0 Å². The van der Waals surface area contributed by atoms with Crippen LogP contribution in [0, 0.1) is 0 Å². The minimum atomic E-state index is -0.664. The predicted molar refractivity (Wildman–Crippen MR) is 81.4 cm³/mol. The van der Waals surface area contributed by atoms with Crippen molar-refractivity contribution in [2.24, 2.45) is 0 Å². The van der Waals surface area contributed by atoms with Crippen molar-refractivity contribution in [3.8, 4) is 5.75 Å². The molecule has 0 saturated carbocycles. The number of hydrogen-bond donors (Lipinski definition) is 4. The largest absolute Gasteiger partial charge is 0.491 e. The molecular weight excluding hydrogens is 286 g/mol. The van der Waals surface area contributed by atoms with E-state index in [1.54, 1.807) is 43.3 Å². The molecule has 0 bridgehead atoms. The van der Waals surface area contributed by atoms with E-state index in [0.29, 0.717) is 17.7 Å². The third kappa shape index (κ3) is 6.53. The van der Waals surface area contributed by atoms with Crippen LogP contribution in [0.1, 0.15) is 25.0 Å². The van der Waals surface area contributed by atoms with E-state index < -0.39 is 12.0 Å². The molecule has 0 unspecified atom stereocenters. The lowest BCUT2D eigenvalue weighted by Gasteiger charge is -2.10. The maximum atomic E-state index is 10.9. The van der Waals surface area contributed by atoms with Crippen molar-refractivity contribution < 1.29 is 25.0 Å². The summed E-state index contributed by atoms with van der Waals surface area (Å²) in [6, 6.07) is 6.98. The van der Waals surface area contributed by atoms with Crippen LogP contribution in [-0.4, -0.2) is 34.5 Å². The van der Waals surface area contributed by atoms with Crippen molar-refractivity contribution in [2.75, 3.05) is 13.2 Å². The first-order chi connectivity index (χ1) is 10.6. The van der Waals surface area contributed by atoms with Crippen LogP contribution in [0.15, 0.2) is 48.1 Å². The van der Waals surface area contributed by atoms with E-state index in [2.05, 4.69) is 0 Å². The van der Waals surface area contributed by atoms with Gasteiger partial charge in [0.1, 0.15) is 12.4 Å². The van der Waals surface area contributed by atoms with Gasteiger partial charge in [-0.25, -0.2) is 5.48 Å². The Morgan fingerprint density at radius 1 is 1.36 bits per heavy atom. The Labute approximate surface area is 129 Å². The fourth-order valence-corrected chi connectivity index (χ4v) is 1.76. The molecule has 0 radical (unpaired) electrons. The molecule has 120 valence electrons. The molecule has 1 aromatic rings. The molecule has 0 heterocycles. The van der Waals surface area contributed by atoms with Crippen molar-refractivity contribution in [3.63, 3.8) is 0 Å². The first-order valence-corrected chi connectivity index (χ1v) is 6.87. The second kappa shape index (κ2) is 9.73. The molecule has 1 aromatic carbocycles. The highest BCUT2D eigenvalue weighted by Crippen LogP contribution is 2.20. The minimum absolute atomic E-state index is 0.0453. The number of aliphatic hydroxyl groups excluding tert-OH is 2. The smallest absolute Gasteiger partial charge is 0.267 e. The quantitative estimate of drug-likeness (QED) is 0.252. The van der Waals surface area contributed by atoms with Gasteiger partial charge in [0.05, 0.1) is 12.7 Å². The Balaban J connectivity index is 2.52. The predicted octanol–water partition coefficient (Wildman–Crippen LogP) is 1.49. The van der Waals surface area contributed by atoms with Crippen molar-refractivity contribution in [1.29, 1.82) is 0 Å². The summed E-state index contributed by atoms with van der Waals surface area (Å²) in [5.41, 5.74) is 2.92. The van der Waals surface area contributed by atoms with Gasteiger partial charge >= 0.3 is 0 Å². The zero-order valence-corrected chi connectivity index (χ0v) is 12.4. The Kier molecular flexibility index (Phi) is 7.91. The van der Waals surface area contributed by atoms with Gasteiger partial charge < -0.3 is 14.9 Å². The van der Waals surface area contributed by atoms with E-state index in [4.69, 9.17) is 15.1 Å². The third-order valence-electron chi connectivity index (χ3n) is 2.83.